The van der Waals surface area contributed by atoms with Gasteiger partial charge in [-0.1, -0.05) is 23.5 Å². The Labute approximate surface area is 201 Å². The Morgan fingerprint density at radius 3 is 2.26 bits per heavy atom. The van der Waals surface area contributed by atoms with E-state index in [2.05, 4.69) is 4.98 Å². The summed E-state index contributed by atoms with van der Waals surface area (Å²) in [6, 6.07) is 10.9. The maximum atomic E-state index is 13.9. The van der Waals surface area contributed by atoms with Gasteiger partial charge in [-0.25, -0.2) is 4.98 Å². The van der Waals surface area contributed by atoms with Gasteiger partial charge in [-0.05, 0) is 42.3 Å². The zero-order valence-corrected chi connectivity index (χ0v) is 20.4. The van der Waals surface area contributed by atoms with Crippen LogP contribution in [0, 0.1) is 6.92 Å². The lowest BCUT2D eigenvalue weighted by atomic mass is 10.1. The molecular weight excluding hydrogens is 454 g/mol. The second kappa shape index (κ2) is 9.96. The van der Waals surface area contributed by atoms with Crippen LogP contribution in [0.4, 0.5) is 5.13 Å². The van der Waals surface area contributed by atoms with E-state index in [4.69, 9.17) is 23.9 Å². The van der Waals surface area contributed by atoms with Gasteiger partial charge in [-0.15, -0.1) is 0 Å². The number of thiazole rings is 1. The van der Waals surface area contributed by atoms with Crippen LogP contribution in [0.15, 0.2) is 48.8 Å². The molecule has 2 heterocycles. The molecule has 0 atom stereocenters. The average Bonchev–Trinajstić information content (AvgIpc) is 3.33. The molecule has 34 heavy (non-hydrogen) atoms. The summed E-state index contributed by atoms with van der Waals surface area (Å²) >= 11 is 1.44. The van der Waals surface area contributed by atoms with E-state index in [9.17, 15) is 4.79 Å². The number of pyridine rings is 1. The lowest BCUT2D eigenvalue weighted by molar-refractivity contribution is 0.0984. The largest absolute Gasteiger partial charge is 0.494 e. The Balaban J connectivity index is 1.85. The van der Waals surface area contributed by atoms with Crippen LogP contribution in [0.1, 0.15) is 21.5 Å². The number of carbonyl (C=O) groups excluding carboxylic acids is 1. The summed E-state index contributed by atoms with van der Waals surface area (Å²) in [6.45, 7) is 2.29. The molecule has 0 aliphatic heterocycles. The summed E-state index contributed by atoms with van der Waals surface area (Å²) < 4.78 is 22.8. The fraction of sp³-hybridized carbons (Fsp3) is 0.240. The monoisotopic (exact) mass is 479 g/mol. The lowest BCUT2D eigenvalue weighted by Gasteiger charge is -2.21. The van der Waals surface area contributed by atoms with Gasteiger partial charge >= 0.3 is 0 Å². The maximum absolute atomic E-state index is 13.9. The molecule has 4 rings (SSSR count). The molecule has 9 heteroatoms. The van der Waals surface area contributed by atoms with Crippen molar-refractivity contribution in [3.05, 3.63) is 65.5 Å². The number of nitrogens with zero attached hydrogens (tertiary/aromatic N) is 3. The van der Waals surface area contributed by atoms with Gasteiger partial charge in [0.05, 0.1) is 39.7 Å². The second-order valence-electron chi connectivity index (χ2n) is 7.43. The highest BCUT2D eigenvalue weighted by Gasteiger charge is 2.26. The summed E-state index contributed by atoms with van der Waals surface area (Å²) in [5, 5.41) is 0.546. The number of hydrogen-bond acceptors (Lipinski definition) is 8. The molecule has 0 bridgehead atoms. The minimum absolute atomic E-state index is 0.265. The van der Waals surface area contributed by atoms with Crippen molar-refractivity contribution in [3.63, 3.8) is 0 Å². The molecule has 2 aromatic carbocycles. The van der Waals surface area contributed by atoms with Crippen molar-refractivity contribution in [2.24, 2.45) is 0 Å². The van der Waals surface area contributed by atoms with E-state index in [1.54, 1.807) is 36.5 Å². The molecule has 0 N–H and O–H groups in total. The lowest BCUT2D eigenvalue weighted by Crippen LogP contribution is -2.30. The fourth-order valence-corrected chi connectivity index (χ4v) is 4.69. The first-order valence-electron chi connectivity index (χ1n) is 10.5. The molecule has 4 aromatic rings. The van der Waals surface area contributed by atoms with Gasteiger partial charge < -0.3 is 18.9 Å². The zero-order chi connectivity index (χ0) is 24.2. The highest BCUT2D eigenvalue weighted by atomic mass is 32.1. The summed E-state index contributed by atoms with van der Waals surface area (Å²) in [6.07, 6.45) is 3.43. The topological polar surface area (TPSA) is 83.0 Å². The van der Waals surface area contributed by atoms with Crippen molar-refractivity contribution in [1.82, 2.24) is 9.97 Å². The number of benzene rings is 2. The van der Waals surface area contributed by atoms with Gasteiger partial charge in [0, 0.05) is 18.0 Å². The van der Waals surface area contributed by atoms with Gasteiger partial charge in [0.2, 0.25) is 5.75 Å². The van der Waals surface area contributed by atoms with Crippen LogP contribution in [0.5, 0.6) is 23.0 Å². The van der Waals surface area contributed by atoms with Crippen LogP contribution in [0.2, 0.25) is 0 Å². The molecule has 1 amide bonds. The third-order valence-corrected chi connectivity index (χ3v) is 6.58. The number of carbonyl (C=O) groups is 1. The molecule has 0 radical (unpaired) electrons. The fourth-order valence-electron chi connectivity index (χ4n) is 3.64. The van der Waals surface area contributed by atoms with Crippen LogP contribution in [-0.4, -0.2) is 44.3 Å². The van der Waals surface area contributed by atoms with Gasteiger partial charge in [0.1, 0.15) is 11.3 Å². The summed E-state index contributed by atoms with van der Waals surface area (Å²) in [5.74, 6) is 1.60. The maximum Gasteiger partial charge on any atom is 0.260 e. The Hall–Kier alpha value is -3.85. The number of hydrogen-bond donors (Lipinski definition) is 0. The molecule has 0 aliphatic rings. The molecule has 0 fully saturated rings. The summed E-state index contributed by atoms with van der Waals surface area (Å²) in [7, 11) is 6.16. The summed E-state index contributed by atoms with van der Waals surface area (Å²) in [4.78, 5) is 24.5. The molecule has 176 valence electrons. The quantitative estimate of drug-likeness (QED) is 0.356. The van der Waals surface area contributed by atoms with E-state index in [0.717, 1.165) is 21.3 Å². The van der Waals surface area contributed by atoms with Crippen LogP contribution < -0.4 is 23.8 Å². The van der Waals surface area contributed by atoms with Crippen molar-refractivity contribution in [3.8, 4) is 23.0 Å². The second-order valence-corrected chi connectivity index (χ2v) is 8.40. The number of fused-ring (bicyclic) bond motifs is 1. The van der Waals surface area contributed by atoms with E-state index in [1.807, 2.05) is 31.2 Å². The minimum Gasteiger partial charge on any atom is -0.494 e. The standard InChI is InChI=1S/C25H25N3O5S/c1-15-8-9-18(30-2)21-23(15)34-25(27-21)28(14-16-7-6-10-26-13-16)24(29)17-11-19(31-3)22(33-5)20(12-17)32-4/h6-13H,14H2,1-5H3. The number of aryl methyl sites for hydroxylation is 1. The predicted octanol–water partition coefficient (Wildman–Crippen LogP) is 4.88. The van der Waals surface area contributed by atoms with Crippen molar-refractivity contribution in [1.29, 1.82) is 0 Å². The SMILES string of the molecule is COc1cc(C(=O)N(Cc2cccnc2)c2nc3c(OC)ccc(C)c3s2)cc(OC)c1OC. The smallest absolute Gasteiger partial charge is 0.260 e. The molecular formula is C25H25N3O5S. The number of methoxy groups -OCH3 is 4. The molecule has 0 aliphatic carbocycles. The van der Waals surface area contributed by atoms with Crippen molar-refractivity contribution < 1.29 is 23.7 Å². The van der Waals surface area contributed by atoms with Crippen LogP contribution >= 0.6 is 11.3 Å². The van der Waals surface area contributed by atoms with E-state index in [-0.39, 0.29) is 12.5 Å². The van der Waals surface area contributed by atoms with E-state index < -0.39 is 0 Å². The first kappa shape index (κ1) is 23.3. The zero-order valence-electron chi connectivity index (χ0n) is 19.6. The number of amides is 1. The number of aromatic nitrogens is 2. The molecule has 0 unspecified atom stereocenters. The average molecular weight is 480 g/mol. The van der Waals surface area contributed by atoms with Crippen LogP contribution in [-0.2, 0) is 6.54 Å². The van der Waals surface area contributed by atoms with Crippen molar-refractivity contribution >= 4 is 32.6 Å². The number of anilines is 1. The van der Waals surface area contributed by atoms with E-state index in [1.165, 1.54) is 32.7 Å². The van der Waals surface area contributed by atoms with Crippen molar-refractivity contribution in [2.75, 3.05) is 33.3 Å². The number of rotatable bonds is 8. The molecule has 0 spiro atoms. The Morgan fingerprint density at radius 1 is 0.971 bits per heavy atom. The number of ether oxygens (including phenoxy) is 4. The highest BCUT2D eigenvalue weighted by Crippen LogP contribution is 2.40. The Morgan fingerprint density at radius 2 is 1.68 bits per heavy atom. The van der Waals surface area contributed by atoms with E-state index in [0.29, 0.717) is 33.7 Å². The first-order chi connectivity index (χ1) is 16.5. The predicted molar refractivity (Wildman–Crippen MR) is 132 cm³/mol. The van der Waals surface area contributed by atoms with E-state index >= 15 is 0 Å². The molecule has 2 aromatic heterocycles. The summed E-state index contributed by atoms with van der Waals surface area (Å²) in [5.41, 5.74) is 3.02. The molecule has 8 nitrogen and oxygen atoms in total. The molecule has 0 saturated heterocycles. The van der Waals surface area contributed by atoms with Crippen molar-refractivity contribution in [2.45, 2.75) is 13.5 Å². The Kier molecular flexibility index (Phi) is 6.83. The first-order valence-corrected chi connectivity index (χ1v) is 11.3. The highest BCUT2D eigenvalue weighted by molar-refractivity contribution is 7.22. The molecule has 0 saturated carbocycles. The van der Waals surface area contributed by atoms with Gasteiger partial charge in [-0.2, -0.15) is 0 Å². The van der Waals surface area contributed by atoms with Crippen LogP contribution in [0.3, 0.4) is 0 Å². The van der Waals surface area contributed by atoms with Gasteiger partial charge in [0.15, 0.2) is 16.6 Å². The normalized spacial score (nSPS) is 10.7. The van der Waals surface area contributed by atoms with Gasteiger partial charge in [-0.3, -0.25) is 14.7 Å². The van der Waals surface area contributed by atoms with Gasteiger partial charge in [0.25, 0.3) is 5.91 Å². The minimum atomic E-state index is -0.265. The third-order valence-electron chi connectivity index (χ3n) is 5.36. The van der Waals surface area contributed by atoms with Crippen LogP contribution in [0.25, 0.3) is 10.2 Å². The third kappa shape index (κ3) is 4.34. The Bertz CT molecular complexity index is 1300.